The Kier molecular flexibility index (Phi) is 3.76. The molecule has 17 heavy (non-hydrogen) atoms. The van der Waals surface area contributed by atoms with Crippen LogP contribution in [0.4, 0.5) is 5.69 Å². The maximum Gasteiger partial charge on any atom is 0.253 e. The highest BCUT2D eigenvalue weighted by Gasteiger charge is 2.29. The summed E-state index contributed by atoms with van der Waals surface area (Å²) in [7, 11) is 0. The number of ether oxygens (including phenoxy) is 1. The first-order valence-electron chi connectivity index (χ1n) is 5.89. The molecule has 1 heterocycles. The van der Waals surface area contributed by atoms with Crippen molar-refractivity contribution in [1.29, 1.82) is 0 Å². The fourth-order valence-electron chi connectivity index (χ4n) is 2.09. The lowest BCUT2D eigenvalue weighted by Crippen LogP contribution is -2.50. The van der Waals surface area contributed by atoms with E-state index in [-0.39, 0.29) is 18.6 Å². The van der Waals surface area contributed by atoms with Gasteiger partial charge in [0.25, 0.3) is 5.91 Å². The number of hydrogen-bond acceptors (Lipinski definition) is 3. The maximum atomic E-state index is 11.9. The van der Waals surface area contributed by atoms with E-state index in [4.69, 9.17) is 10.5 Å². The van der Waals surface area contributed by atoms with Crippen LogP contribution in [-0.2, 0) is 9.53 Å². The molecular formula is C13H18N2O2. The fourth-order valence-corrected chi connectivity index (χ4v) is 2.09. The Morgan fingerprint density at radius 2 is 2.12 bits per heavy atom. The molecule has 4 heteroatoms. The van der Waals surface area contributed by atoms with Gasteiger partial charge in [0.2, 0.25) is 0 Å². The van der Waals surface area contributed by atoms with Crippen LogP contribution < -0.4 is 10.6 Å². The van der Waals surface area contributed by atoms with Crippen molar-refractivity contribution in [3.63, 3.8) is 0 Å². The highest BCUT2D eigenvalue weighted by Crippen LogP contribution is 2.22. The second-order valence-electron chi connectivity index (χ2n) is 4.35. The predicted octanol–water partition coefficient (Wildman–Crippen LogP) is 1.08. The lowest BCUT2D eigenvalue weighted by molar-refractivity contribution is -0.127. The van der Waals surface area contributed by atoms with Gasteiger partial charge in [0.1, 0.15) is 6.61 Å². The van der Waals surface area contributed by atoms with Crippen LogP contribution in [-0.4, -0.2) is 31.7 Å². The molecule has 1 fully saturated rings. The van der Waals surface area contributed by atoms with Gasteiger partial charge in [-0.25, -0.2) is 0 Å². The molecule has 2 N–H and O–H groups in total. The van der Waals surface area contributed by atoms with Gasteiger partial charge >= 0.3 is 0 Å². The lowest BCUT2D eigenvalue weighted by Gasteiger charge is -2.35. The molecule has 1 aromatic rings. The molecular weight excluding hydrogens is 216 g/mol. The van der Waals surface area contributed by atoms with E-state index < -0.39 is 0 Å². The molecule has 0 radical (unpaired) electrons. The van der Waals surface area contributed by atoms with Crippen LogP contribution in [0.15, 0.2) is 24.3 Å². The second-order valence-corrected chi connectivity index (χ2v) is 4.35. The van der Waals surface area contributed by atoms with E-state index in [1.54, 1.807) is 0 Å². The van der Waals surface area contributed by atoms with Gasteiger partial charge in [0.15, 0.2) is 0 Å². The van der Waals surface area contributed by atoms with E-state index in [0.717, 1.165) is 12.1 Å². The van der Waals surface area contributed by atoms with Gasteiger partial charge in [-0.1, -0.05) is 17.7 Å². The number of amides is 1. The van der Waals surface area contributed by atoms with E-state index in [2.05, 4.69) is 0 Å². The second kappa shape index (κ2) is 5.29. The highest BCUT2D eigenvalue weighted by atomic mass is 16.5. The summed E-state index contributed by atoms with van der Waals surface area (Å²) in [4.78, 5) is 13.7. The number of aryl methyl sites for hydroxylation is 1. The molecule has 0 saturated carbocycles. The van der Waals surface area contributed by atoms with Crippen molar-refractivity contribution in [2.24, 2.45) is 5.73 Å². The molecule has 1 unspecified atom stereocenters. The van der Waals surface area contributed by atoms with Crippen molar-refractivity contribution in [2.75, 3.05) is 24.7 Å². The Balaban J connectivity index is 2.24. The Morgan fingerprint density at radius 1 is 1.41 bits per heavy atom. The molecule has 0 bridgehead atoms. The molecule has 1 aliphatic rings. The highest BCUT2D eigenvalue weighted by molar-refractivity contribution is 5.95. The van der Waals surface area contributed by atoms with Crippen LogP contribution in [0, 0.1) is 6.92 Å². The van der Waals surface area contributed by atoms with Crippen molar-refractivity contribution < 1.29 is 9.53 Å². The summed E-state index contributed by atoms with van der Waals surface area (Å²) in [5.74, 6) is 0.0125. The Hall–Kier alpha value is -1.39. The zero-order chi connectivity index (χ0) is 12.3. The molecule has 4 nitrogen and oxygen atoms in total. The Morgan fingerprint density at radius 3 is 2.76 bits per heavy atom. The van der Waals surface area contributed by atoms with Crippen LogP contribution >= 0.6 is 0 Å². The molecule has 0 aromatic heterocycles. The number of benzene rings is 1. The fraction of sp³-hybridized carbons (Fsp3) is 0.462. The van der Waals surface area contributed by atoms with Crippen LogP contribution in [0.5, 0.6) is 0 Å². The molecule has 1 aromatic carbocycles. The minimum atomic E-state index is 0.0125. The van der Waals surface area contributed by atoms with Crippen LogP contribution in [0.2, 0.25) is 0 Å². The third kappa shape index (κ3) is 2.65. The summed E-state index contributed by atoms with van der Waals surface area (Å²) in [6, 6.07) is 8.03. The van der Waals surface area contributed by atoms with E-state index in [0.29, 0.717) is 13.2 Å². The SMILES string of the molecule is Cc1ccc(N2C(=O)COCC2CCN)cc1. The zero-order valence-corrected chi connectivity index (χ0v) is 10.1. The Labute approximate surface area is 101 Å². The first-order chi connectivity index (χ1) is 8.22. The Bertz CT molecular complexity index is 387. The van der Waals surface area contributed by atoms with Gasteiger partial charge < -0.3 is 15.4 Å². The number of hydrogen-bond donors (Lipinski definition) is 1. The number of rotatable bonds is 3. The maximum absolute atomic E-state index is 11.9. The monoisotopic (exact) mass is 234 g/mol. The van der Waals surface area contributed by atoms with Crippen molar-refractivity contribution >= 4 is 11.6 Å². The number of anilines is 1. The van der Waals surface area contributed by atoms with Gasteiger partial charge in [-0.2, -0.15) is 0 Å². The first-order valence-corrected chi connectivity index (χ1v) is 5.89. The number of nitrogens with zero attached hydrogens (tertiary/aromatic N) is 1. The average molecular weight is 234 g/mol. The molecule has 1 saturated heterocycles. The lowest BCUT2D eigenvalue weighted by atomic mass is 10.1. The van der Waals surface area contributed by atoms with E-state index >= 15 is 0 Å². The first kappa shape index (κ1) is 12.1. The largest absolute Gasteiger partial charge is 0.369 e. The van der Waals surface area contributed by atoms with Crippen molar-refractivity contribution in [3.8, 4) is 0 Å². The number of carbonyl (C=O) groups excluding carboxylic acids is 1. The number of carbonyl (C=O) groups is 1. The van der Waals surface area contributed by atoms with E-state index in [1.807, 2.05) is 36.1 Å². The van der Waals surface area contributed by atoms with Crippen molar-refractivity contribution in [1.82, 2.24) is 0 Å². The normalized spacial score (nSPS) is 20.7. The van der Waals surface area contributed by atoms with Crippen LogP contribution in [0.3, 0.4) is 0 Å². The third-order valence-electron chi connectivity index (χ3n) is 2.98. The molecule has 1 atom stereocenters. The quantitative estimate of drug-likeness (QED) is 0.851. The van der Waals surface area contributed by atoms with Crippen molar-refractivity contribution in [2.45, 2.75) is 19.4 Å². The van der Waals surface area contributed by atoms with Gasteiger partial charge in [0.05, 0.1) is 12.6 Å². The van der Waals surface area contributed by atoms with Crippen LogP contribution in [0.25, 0.3) is 0 Å². The number of nitrogens with two attached hydrogens (primary N) is 1. The molecule has 0 spiro atoms. The minimum absolute atomic E-state index is 0.0125. The summed E-state index contributed by atoms with van der Waals surface area (Å²) in [6.07, 6.45) is 0.764. The summed E-state index contributed by atoms with van der Waals surface area (Å²) in [5.41, 5.74) is 7.69. The summed E-state index contributed by atoms with van der Waals surface area (Å²) < 4.78 is 5.28. The summed E-state index contributed by atoms with van der Waals surface area (Å²) in [5, 5.41) is 0. The van der Waals surface area contributed by atoms with Crippen molar-refractivity contribution in [3.05, 3.63) is 29.8 Å². The van der Waals surface area contributed by atoms with E-state index in [1.165, 1.54) is 5.56 Å². The smallest absolute Gasteiger partial charge is 0.253 e. The average Bonchev–Trinajstić information content (AvgIpc) is 2.32. The van der Waals surface area contributed by atoms with Gasteiger partial charge in [-0.15, -0.1) is 0 Å². The molecule has 92 valence electrons. The standard InChI is InChI=1S/C13H18N2O2/c1-10-2-4-11(5-3-10)15-12(6-7-14)8-17-9-13(15)16/h2-5,12H,6-9,14H2,1H3. The van der Waals surface area contributed by atoms with Gasteiger partial charge in [0, 0.05) is 5.69 Å². The third-order valence-corrected chi connectivity index (χ3v) is 2.98. The number of morpholine rings is 1. The van der Waals surface area contributed by atoms with Crippen LogP contribution in [0.1, 0.15) is 12.0 Å². The molecule has 1 aliphatic heterocycles. The zero-order valence-electron chi connectivity index (χ0n) is 10.1. The van der Waals surface area contributed by atoms with Gasteiger partial charge in [-0.3, -0.25) is 4.79 Å². The molecule has 0 aliphatic carbocycles. The topological polar surface area (TPSA) is 55.6 Å². The molecule has 1 amide bonds. The minimum Gasteiger partial charge on any atom is -0.369 e. The van der Waals surface area contributed by atoms with Gasteiger partial charge in [-0.05, 0) is 32.0 Å². The summed E-state index contributed by atoms with van der Waals surface area (Å²) in [6.45, 7) is 3.32. The molecule has 2 rings (SSSR count). The van der Waals surface area contributed by atoms with E-state index in [9.17, 15) is 4.79 Å². The predicted molar refractivity (Wildman–Crippen MR) is 66.9 cm³/mol. The summed E-state index contributed by atoms with van der Waals surface area (Å²) >= 11 is 0.